The Bertz CT molecular complexity index is 1720. The highest BCUT2D eigenvalue weighted by molar-refractivity contribution is 8.27. The number of carbonyl (C=O) groups is 1. The van der Waals surface area contributed by atoms with Crippen molar-refractivity contribution in [1.29, 1.82) is 5.26 Å². The van der Waals surface area contributed by atoms with Gasteiger partial charge in [0.1, 0.15) is 23.1 Å². The van der Waals surface area contributed by atoms with Crippen molar-refractivity contribution in [2.24, 2.45) is 14.1 Å². The third-order valence-corrected chi connectivity index (χ3v) is 8.99. The Hall–Kier alpha value is -3.88. The summed E-state index contributed by atoms with van der Waals surface area (Å²) in [6, 6.07) is 11.3. The zero-order chi connectivity index (χ0) is 28.7. The number of hydrogen-bond acceptors (Lipinski definition) is 7. The van der Waals surface area contributed by atoms with Crippen LogP contribution in [0, 0.1) is 25.2 Å². The largest absolute Gasteiger partial charge is 0.357 e. The van der Waals surface area contributed by atoms with Crippen molar-refractivity contribution in [3.05, 3.63) is 78.3 Å². The third-order valence-electron chi connectivity index (χ3n) is 7.69. The molecule has 206 valence electrons. The average molecular weight is 575 g/mol. The molecule has 40 heavy (non-hydrogen) atoms. The molecule has 11 heteroatoms. The summed E-state index contributed by atoms with van der Waals surface area (Å²) in [5.41, 5.74) is 2.00. The van der Waals surface area contributed by atoms with E-state index in [-0.39, 0.29) is 26.7 Å². The maximum absolute atomic E-state index is 13.9. The second-order valence-corrected chi connectivity index (χ2v) is 11.7. The average Bonchev–Trinajstić information content (AvgIpc) is 3.19. The van der Waals surface area contributed by atoms with E-state index in [4.69, 9.17) is 12.2 Å². The summed E-state index contributed by atoms with van der Waals surface area (Å²) in [6.07, 6.45) is 5.95. The van der Waals surface area contributed by atoms with Gasteiger partial charge >= 0.3 is 0 Å². The number of anilines is 2. The second-order valence-electron chi connectivity index (χ2n) is 10.0. The monoisotopic (exact) mass is 574 g/mol. The van der Waals surface area contributed by atoms with Gasteiger partial charge in [0, 0.05) is 32.7 Å². The van der Waals surface area contributed by atoms with E-state index in [0.717, 1.165) is 50.5 Å². The number of amides is 1. The van der Waals surface area contributed by atoms with E-state index in [9.17, 15) is 19.6 Å². The van der Waals surface area contributed by atoms with Crippen LogP contribution in [-0.2, 0) is 18.9 Å². The topological polar surface area (TPSA) is 96.3 Å². The number of carbonyl (C=O) groups excluding carboxylic acids is 1. The van der Waals surface area contributed by atoms with E-state index in [1.807, 2.05) is 30.3 Å². The molecule has 4 heterocycles. The van der Waals surface area contributed by atoms with Crippen LogP contribution in [0.4, 0.5) is 11.5 Å². The Morgan fingerprint density at radius 2 is 1.62 bits per heavy atom. The van der Waals surface area contributed by atoms with Gasteiger partial charge in [-0.3, -0.25) is 28.5 Å². The highest BCUT2D eigenvalue weighted by atomic mass is 32.2. The van der Waals surface area contributed by atoms with Crippen LogP contribution in [-0.4, -0.2) is 37.2 Å². The highest BCUT2D eigenvalue weighted by Gasteiger charge is 2.38. The van der Waals surface area contributed by atoms with Crippen LogP contribution >= 0.6 is 24.0 Å². The minimum Gasteiger partial charge on any atom is -0.357 e. The molecular weight excluding hydrogens is 544 g/mol. The molecule has 9 nitrogen and oxygen atoms in total. The summed E-state index contributed by atoms with van der Waals surface area (Å²) in [5.74, 6) is 0.283. The van der Waals surface area contributed by atoms with E-state index < -0.39 is 5.91 Å². The van der Waals surface area contributed by atoms with Crippen molar-refractivity contribution < 1.29 is 4.79 Å². The number of pyridine rings is 1. The number of thiocarbonyl (C=S) groups is 1. The van der Waals surface area contributed by atoms with E-state index in [1.165, 1.54) is 14.1 Å². The van der Waals surface area contributed by atoms with E-state index in [1.54, 1.807) is 38.7 Å². The van der Waals surface area contributed by atoms with Gasteiger partial charge in [0.15, 0.2) is 4.32 Å². The summed E-state index contributed by atoms with van der Waals surface area (Å²) in [5, 5.41) is 9.79. The number of benzene rings is 1. The quantitative estimate of drug-likeness (QED) is 0.341. The number of nitrogens with zero attached hydrogens (tertiary/aromatic N) is 6. The minimum atomic E-state index is -0.408. The molecule has 0 atom stereocenters. The first-order chi connectivity index (χ1) is 19.2. The molecule has 2 aromatic heterocycles. The summed E-state index contributed by atoms with van der Waals surface area (Å²) < 4.78 is 4.99. The summed E-state index contributed by atoms with van der Waals surface area (Å²) in [4.78, 5) is 44.4. The molecule has 0 aliphatic carbocycles. The van der Waals surface area contributed by atoms with Gasteiger partial charge < -0.3 is 4.90 Å². The molecule has 0 radical (unpaired) electrons. The van der Waals surface area contributed by atoms with Gasteiger partial charge in [-0.05, 0) is 50.5 Å². The lowest BCUT2D eigenvalue weighted by molar-refractivity contribution is -0.113. The smallest absolute Gasteiger partial charge is 0.296 e. The Labute approximate surface area is 241 Å². The van der Waals surface area contributed by atoms with Crippen molar-refractivity contribution in [3.63, 3.8) is 0 Å². The van der Waals surface area contributed by atoms with Crippen LogP contribution in [0.2, 0.25) is 0 Å². The van der Waals surface area contributed by atoms with Crippen LogP contribution in [0.1, 0.15) is 48.1 Å². The molecule has 1 amide bonds. The maximum atomic E-state index is 13.9. The predicted octanol–water partition coefficient (Wildman–Crippen LogP) is 4.15. The SMILES string of the molecule is Cc1c(/C=C2\SC(=S)N(c3c(C)n(C)n(-c4ccccc4)c3=O)C2=O)c(N2CCCCCC2)n(C)c(=O)c1C#N. The molecule has 0 saturated carbocycles. The molecule has 5 rings (SSSR count). The summed E-state index contributed by atoms with van der Waals surface area (Å²) in [6.45, 7) is 5.09. The van der Waals surface area contributed by atoms with Gasteiger partial charge in [0.05, 0.1) is 16.3 Å². The van der Waals surface area contributed by atoms with Crippen LogP contribution in [0.25, 0.3) is 11.8 Å². The summed E-state index contributed by atoms with van der Waals surface area (Å²) in [7, 11) is 3.44. The van der Waals surface area contributed by atoms with Crippen LogP contribution < -0.4 is 20.9 Å². The van der Waals surface area contributed by atoms with Gasteiger partial charge in [0.2, 0.25) is 0 Å². The van der Waals surface area contributed by atoms with Crippen molar-refractivity contribution in [2.75, 3.05) is 22.9 Å². The van der Waals surface area contributed by atoms with E-state index >= 15 is 0 Å². The standard InChI is InChI=1S/C29H30N6O3S2/c1-18-21(25(31(3)26(36)22(18)17-30)33-14-10-5-6-11-15-33)16-23-27(37)34(29(39)40-23)24-19(2)32(4)35(28(24)38)20-12-8-7-9-13-20/h7-9,12-13,16H,5-6,10-11,14-15H2,1-4H3/b23-16-. The molecule has 2 aliphatic heterocycles. The fraction of sp³-hybridized carbons (Fsp3) is 0.345. The molecule has 0 N–H and O–H groups in total. The molecular formula is C29H30N6O3S2. The number of rotatable bonds is 4. The van der Waals surface area contributed by atoms with Gasteiger partial charge in [-0.15, -0.1) is 0 Å². The van der Waals surface area contributed by atoms with E-state index in [0.29, 0.717) is 33.2 Å². The van der Waals surface area contributed by atoms with E-state index in [2.05, 4.69) is 11.0 Å². The van der Waals surface area contributed by atoms with Crippen LogP contribution in [0.3, 0.4) is 0 Å². The van der Waals surface area contributed by atoms with Crippen molar-refractivity contribution in [2.45, 2.75) is 39.5 Å². The lowest BCUT2D eigenvalue weighted by atomic mass is 10.0. The Balaban J connectivity index is 1.64. The molecule has 1 aromatic carbocycles. The fourth-order valence-electron chi connectivity index (χ4n) is 5.48. The molecule has 0 spiro atoms. The predicted molar refractivity (Wildman–Crippen MR) is 163 cm³/mol. The van der Waals surface area contributed by atoms with Crippen molar-refractivity contribution in [3.8, 4) is 11.8 Å². The molecule has 2 aliphatic rings. The first-order valence-corrected chi connectivity index (χ1v) is 14.4. The Morgan fingerprint density at radius 1 is 0.975 bits per heavy atom. The maximum Gasteiger partial charge on any atom is 0.296 e. The van der Waals surface area contributed by atoms with Crippen LogP contribution in [0.5, 0.6) is 0 Å². The second kappa shape index (κ2) is 10.9. The lowest BCUT2D eigenvalue weighted by Crippen LogP contribution is -2.34. The molecule has 2 saturated heterocycles. The normalized spacial score (nSPS) is 17.0. The Morgan fingerprint density at radius 3 is 2.25 bits per heavy atom. The van der Waals surface area contributed by atoms with Crippen LogP contribution in [0.15, 0.2) is 44.8 Å². The van der Waals surface area contributed by atoms with Gasteiger partial charge in [-0.1, -0.05) is 55.0 Å². The number of para-hydroxylation sites is 1. The summed E-state index contributed by atoms with van der Waals surface area (Å²) >= 11 is 6.75. The number of aromatic nitrogens is 3. The van der Waals surface area contributed by atoms with Gasteiger partial charge in [-0.25, -0.2) is 4.68 Å². The molecule has 3 aromatic rings. The zero-order valence-corrected chi connectivity index (χ0v) is 24.6. The number of hydrogen-bond donors (Lipinski definition) is 0. The van der Waals surface area contributed by atoms with Crippen molar-refractivity contribution in [1.82, 2.24) is 13.9 Å². The lowest BCUT2D eigenvalue weighted by Gasteiger charge is -2.28. The Kier molecular flexibility index (Phi) is 7.57. The number of nitriles is 1. The zero-order valence-electron chi connectivity index (χ0n) is 22.9. The minimum absolute atomic E-state index is 0.0486. The van der Waals surface area contributed by atoms with Gasteiger partial charge in [0.25, 0.3) is 17.0 Å². The molecule has 0 bridgehead atoms. The first kappa shape index (κ1) is 27.7. The number of thioether (sulfide) groups is 1. The van der Waals surface area contributed by atoms with Gasteiger partial charge in [-0.2, -0.15) is 5.26 Å². The fourth-order valence-corrected chi connectivity index (χ4v) is 6.73. The highest BCUT2D eigenvalue weighted by Crippen LogP contribution is 2.38. The first-order valence-electron chi connectivity index (χ1n) is 13.2. The van der Waals surface area contributed by atoms with Crippen molar-refractivity contribution >= 4 is 51.8 Å². The molecule has 0 unspecified atom stereocenters. The molecule has 2 fully saturated rings. The third kappa shape index (κ3) is 4.51.